The van der Waals surface area contributed by atoms with Crippen molar-refractivity contribution >= 4 is 31.9 Å². The van der Waals surface area contributed by atoms with Gasteiger partial charge in [-0.25, -0.2) is 0 Å². The summed E-state index contributed by atoms with van der Waals surface area (Å²) in [5, 5.41) is 0. The minimum Gasteiger partial charge on any atom is -0.0835 e. The zero-order valence-electron chi connectivity index (χ0n) is 10.6. The number of aryl methyl sites for hydroxylation is 2. The molecule has 0 heterocycles. The molecule has 0 aliphatic carbocycles. The predicted molar refractivity (Wildman–Crippen MR) is 85.4 cm³/mol. The van der Waals surface area contributed by atoms with E-state index in [4.69, 9.17) is 0 Å². The Morgan fingerprint density at radius 3 is 2.56 bits per heavy atom. The molecule has 1 unspecified atom stereocenters. The van der Waals surface area contributed by atoms with Crippen molar-refractivity contribution in [1.29, 1.82) is 0 Å². The molecular weight excluding hydrogens is 352 g/mol. The van der Waals surface area contributed by atoms with Gasteiger partial charge in [0.1, 0.15) is 0 Å². The van der Waals surface area contributed by atoms with Crippen LogP contribution >= 0.6 is 31.9 Å². The maximum absolute atomic E-state index is 3.79. The highest BCUT2D eigenvalue weighted by atomic mass is 79.9. The summed E-state index contributed by atoms with van der Waals surface area (Å²) < 4.78 is 1.13. The molecule has 2 aromatic rings. The van der Waals surface area contributed by atoms with Crippen LogP contribution in [0.25, 0.3) is 0 Å². The normalized spacial score (nSPS) is 12.4. The SMILES string of the molecule is Cc1ccc(C)c(CC(Br)c2cccc(Br)c2)c1. The molecule has 0 bridgehead atoms. The second-order valence-corrected chi connectivity index (χ2v) is 6.68. The fraction of sp³-hybridized carbons (Fsp3) is 0.250. The zero-order valence-corrected chi connectivity index (χ0v) is 13.8. The van der Waals surface area contributed by atoms with Crippen LogP contribution in [0.15, 0.2) is 46.9 Å². The third kappa shape index (κ3) is 3.46. The Bertz CT molecular complexity index is 547. The van der Waals surface area contributed by atoms with E-state index in [2.05, 4.69) is 88.2 Å². The van der Waals surface area contributed by atoms with Gasteiger partial charge in [0.2, 0.25) is 0 Å². The van der Waals surface area contributed by atoms with Crippen LogP contribution in [0.5, 0.6) is 0 Å². The van der Waals surface area contributed by atoms with Crippen molar-refractivity contribution in [3.63, 3.8) is 0 Å². The lowest BCUT2D eigenvalue weighted by molar-refractivity contribution is 0.935. The summed E-state index contributed by atoms with van der Waals surface area (Å²) in [6, 6.07) is 15.1. The van der Waals surface area contributed by atoms with Crippen molar-refractivity contribution in [1.82, 2.24) is 0 Å². The fourth-order valence-corrected chi connectivity index (χ4v) is 3.08. The first-order chi connectivity index (χ1) is 8.56. The third-order valence-electron chi connectivity index (χ3n) is 3.11. The number of hydrogen-bond donors (Lipinski definition) is 0. The molecule has 1 atom stereocenters. The van der Waals surface area contributed by atoms with E-state index in [1.807, 2.05) is 0 Å². The van der Waals surface area contributed by atoms with Crippen LogP contribution in [-0.2, 0) is 6.42 Å². The molecule has 2 aromatic carbocycles. The monoisotopic (exact) mass is 366 g/mol. The molecule has 0 N–H and O–H groups in total. The molecule has 0 aliphatic heterocycles. The lowest BCUT2D eigenvalue weighted by Gasteiger charge is -2.13. The average molecular weight is 368 g/mol. The Kier molecular flexibility index (Phi) is 4.63. The Labute approximate surface area is 126 Å². The first-order valence-corrected chi connectivity index (χ1v) is 7.73. The fourth-order valence-electron chi connectivity index (χ4n) is 2.03. The van der Waals surface area contributed by atoms with Gasteiger partial charge in [-0.1, -0.05) is 67.8 Å². The van der Waals surface area contributed by atoms with Gasteiger partial charge < -0.3 is 0 Å². The highest BCUT2D eigenvalue weighted by Gasteiger charge is 2.10. The molecule has 0 radical (unpaired) electrons. The first kappa shape index (κ1) is 13.8. The van der Waals surface area contributed by atoms with Crippen molar-refractivity contribution in [2.45, 2.75) is 25.1 Å². The summed E-state index contributed by atoms with van der Waals surface area (Å²) in [6.45, 7) is 4.32. The number of alkyl halides is 1. The second kappa shape index (κ2) is 6.03. The summed E-state index contributed by atoms with van der Waals surface area (Å²) in [5.74, 6) is 0. The van der Waals surface area contributed by atoms with Gasteiger partial charge in [0.05, 0.1) is 0 Å². The summed E-state index contributed by atoms with van der Waals surface area (Å²) >= 11 is 7.32. The van der Waals surface area contributed by atoms with E-state index in [9.17, 15) is 0 Å². The maximum atomic E-state index is 3.79. The molecule has 0 spiro atoms. The Morgan fingerprint density at radius 2 is 1.83 bits per heavy atom. The van der Waals surface area contributed by atoms with E-state index in [0.717, 1.165) is 10.9 Å². The van der Waals surface area contributed by atoms with Gasteiger partial charge in [0.25, 0.3) is 0 Å². The minimum absolute atomic E-state index is 0.357. The molecule has 0 saturated heterocycles. The molecule has 2 heteroatoms. The van der Waals surface area contributed by atoms with Crippen molar-refractivity contribution in [2.24, 2.45) is 0 Å². The van der Waals surface area contributed by atoms with Crippen molar-refractivity contribution < 1.29 is 0 Å². The van der Waals surface area contributed by atoms with Crippen LogP contribution in [0.1, 0.15) is 27.1 Å². The molecular formula is C16H16Br2. The van der Waals surface area contributed by atoms with Gasteiger partial charge in [-0.3, -0.25) is 0 Å². The van der Waals surface area contributed by atoms with Gasteiger partial charge in [-0.05, 0) is 49.1 Å². The van der Waals surface area contributed by atoms with E-state index in [1.165, 1.54) is 22.3 Å². The van der Waals surface area contributed by atoms with Crippen molar-refractivity contribution in [3.8, 4) is 0 Å². The van der Waals surface area contributed by atoms with Crippen LogP contribution < -0.4 is 0 Å². The second-order valence-electron chi connectivity index (χ2n) is 4.66. The van der Waals surface area contributed by atoms with E-state index < -0.39 is 0 Å². The Balaban J connectivity index is 2.21. The smallest absolute Gasteiger partial charge is 0.0436 e. The van der Waals surface area contributed by atoms with Crippen LogP contribution in [0.2, 0.25) is 0 Å². The average Bonchev–Trinajstić information content (AvgIpc) is 2.34. The van der Waals surface area contributed by atoms with Crippen molar-refractivity contribution in [2.75, 3.05) is 0 Å². The molecule has 0 fully saturated rings. The Morgan fingerprint density at radius 1 is 1.06 bits per heavy atom. The van der Waals surface area contributed by atoms with E-state index in [0.29, 0.717) is 4.83 Å². The predicted octanol–water partition coefficient (Wildman–Crippen LogP) is 5.74. The molecule has 0 nitrogen and oxygen atoms in total. The number of benzene rings is 2. The van der Waals surface area contributed by atoms with E-state index in [1.54, 1.807) is 0 Å². The van der Waals surface area contributed by atoms with Gasteiger partial charge in [-0.2, -0.15) is 0 Å². The molecule has 2 rings (SSSR count). The van der Waals surface area contributed by atoms with Crippen molar-refractivity contribution in [3.05, 3.63) is 69.2 Å². The van der Waals surface area contributed by atoms with Gasteiger partial charge in [0.15, 0.2) is 0 Å². The van der Waals surface area contributed by atoms with Crippen LogP contribution in [0.4, 0.5) is 0 Å². The highest BCUT2D eigenvalue weighted by Crippen LogP contribution is 2.30. The highest BCUT2D eigenvalue weighted by molar-refractivity contribution is 9.10. The largest absolute Gasteiger partial charge is 0.0835 e. The van der Waals surface area contributed by atoms with Gasteiger partial charge in [-0.15, -0.1) is 0 Å². The van der Waals surface area contributed by atoms with Crippen LogP contribution in [-0.4, -0.2) is 0 Å². The minimum atomic E-state index is 0.357. The Hall–Kier alpha value is -0.600. The third-order valence-corrected chi connectivity index (χ3v) is 4.46. The lowest BCUT2D eigenvalue weighted by atomic mass is 9.99. The lowest BCUT2D eigenvalue weighted by Crippen LogP contribution is -1.98. The number of halogens is 2. The molecule has 0 amide bonds. The molecule has 0 aliphatic rings. The summed E-state index contributed by atoms with van der Waals surface area (Å²) in [5.41, 5.74) is 5.41. The number of hydrogen-bond acceptors (Lipinski definition) is 0. The molecule has 0 saturated carbocycles. The van der Waals surface area contributed by atoms with E-state index >= 15 is 0 Å². The quantitative estimate of drug-likeness (QED) is 0.606. The summed E-state index contributed by atoms with van der Waals surface area (Å²) in [7, 11) is 0. The maximum Gasteiger partial charge on any atom is 0.0436 e. The van der Waals surface area contributed by atoms with Crippen LogP contribution in [0.3, 0.4) is 0 Å². The zero-order chi connectivity index (χ0) is 13.1. The standard InChI is InChI=1S/C16H16Br2/c1-11-6-7-12(2)14(8-11)10-16(18)13-4-3-5-15(17)9-13/h3-9,16H,10H2,1-2H3. The number of rotatable bonds is 3. The topological polar surface area (TPSA) is 0 Å². The summed E-state index contributed by atoms with van der Waals surface area (Å²) in [4.78, 5) is 0.357. The van der Waals surface area contributed by atoms with E-state index in [-0.39, 0.29) is 0 Å². The molecule has 94 valence electrons. The van der Waals surface area contributed by atoms with Gasteiger partial charge in [0, 0.05) is 9.30 Å². The molecule has 18 heavy (non-hydrogen) atoms. The summed E-state index contributed by atoms with van der Waals surface area (Å²) in [6.07, 6.45) is 1.02. The first-order valence-electron chi connectivity index (χ1n) is 6.02. The van der Waals surface area contributed by atoms with Crippen LogP contribution in [0, 0.1) is 13.8 Å². The van der Waals surface area contributed by atoms with Gasteiger partial charge >= 0.3 is 0 Å². The molecule has 0 aromatic heterocycles.